The highest BCUT2D eigenvalue weighted by Gasteiger charge is 2.45. The van der Waals surface area contributed by atoms with Crippen LogP contribution in [0.1, 0.15) is 29.7 Å². The largest absolute Gasteiger partial charge is 0.507 e. The highest BCUT2D eigenvalue weighted by molar-refractivity contribution is 14.1. The number of rotatable bonds is 7. The van der Waals surface area contributed by atoms with Gasteiger partial charge in [0.25, 0.3) is 11.7 Å². The molecule has 0 radical (unpaired) electrons. The van der Waals surface area contributed by atoms with Crippen molar-refractivity contribution in [2.24, 2.45) is 0 Å². The monoisotopic (exact) mass is 553 g/mol. The number of aliphatic hydroxyl groups excluding tert-OH is 1. The Morgan fingerprint density at radius 2 is 1.73 bits per heavy atom. The number of ketones is 1. The van der Waals surface area contributed by atoms with Gasteiger partial charge < -0.3 is 14.7 Å². The number of benzene rings is 3. The number of aliphatic hydroxyl groups is 1. The van der Waals surface area contributed by atoms with Crippen molar-refractivity contribution in [2.45, 2.75) is 19.4 Å². The first-order valence-electron chi connectivity index (χ1n) is 10.8. The van der Waals surface area contributed by atoms with Crippen LogP contribution >= 0.6 is 22.6 Å². The number of amides is 1. The van der Waals surface area contributed by atoms with Crippen LogP contribution in [-0.4, -0.2) is 34.8 Å². The first-order valence-corrected chi connectivity index (χ1v) is 11.9. The second-order valence-electron chi connectivity index (χ2n) is 7.74. The van der Waals surface area contributed by atoms with Gasteiger partial charge in [-0.2, -0.15) is 0 Å². The van der Waals surface area contributed by atoms with Gasteiger partial charge in [-0.15, -0.1) is 0 Å². The number of Topliss-reactive ketones (excluding diaryl/α,β-unsaturated/α-hetero) is 1. The van der Waals surface area contributed by atoms with E-state index in [9.17, 15) is 14.7 Å². The molecule has 168 valence electrons. The van der Waals surface area contributed by atoms with Crippen molar-refractivity contribution >= 4 is 40.0 Å². The maximum atomic E-state index is 13.2. The topological polar surface area (TPSA) is 66.8 Å². The summed E-state index contributed by atoms with van der Waals surface area (Å²) in [6.45, 7) is 2.72. The fraction of sp³-hybridized carbons (Fsp3) is 0.185. The molecule has 0 aliphatic carbocycles. The van der Waals surface area contributed by atoms with Gasteiger partial charge >= 0.3 is 0 Å². The zero-order valence-corrected chi connectivity index (χ0v) is 20.4. The minimum atomic E-state index is -0.675. The molecule has 4 rings (SSSR count). The molecule has 6 heteroatoms. The molecule has 1 fully saturated rings. The van der Waals surface area contributed by atoms with Gasteiger partial charge in [-0.05, 0) is 71.3 Å². The summed E-state index contributed by atoms with van der Waals surface area (Å²) in [5.74, 6) is -0.880. The third kappa shape index (κ3) is 4.95. The number of carbonyl (C=O) groups is 2. The van der Waals surface area contributed by atoms with Gasteiger partial charge in [0, 0.05) is 15.7 Å². The van der Waals surface area contributed by atoms with Crippen molar-refractivity contribution in [3.63, 3.8) is 0 Å². The van der Waals surface area contributed by atoms with Crippen molar-refractivity contribution < 1.29 is 19.4 Å². The fourth-order valence-electron chi connectivity index (χ4n) is 4.05. The lowest BCUT2D eigenvalue weighted by atomic mass is 9.95. The Bertz CT molecular complexity index is 1190. The van der Waals surface area contributed by atoms with Crippen LogP contribution in [0.5, 0.6) is 5.75 Å². The zero-order valence-electron chi connectivity index (χ0n) is 18.2. The van der Waals surface area contributed by atoms with Crippen LogP contribution in [0.3, 0.4) is 0 Å². The number of ether oxygens (including phenoxy) is 1. The van der Waals surface area contributed by atoms with Crippen LogP contribution in [0.25, 0.3) is 5.76 Å². The summed E-state index contributed by atoms with van der Waals surface area (Å²) in [4.78, 5) is 27.8. The van der Waals surface area contributed by atoms with Crippen LogP contribution in [-0.2, 0) is 16.0 Å². The molecule has 3 aromatic carbocycles. The molecule has 0 spiro atoms. The molecule has 1 aliphatic heterocycles. The van der Waals surface area contributed by atoms with Crippen molar-refractivity contribution in [1.82, 2.24) is 4.90 Å². The van der Waals surface area contributed by atoms with E-state index in [0.717, 1.165) is 14.7 Å². The van der Waals surface area contributed by atoms with E-state index < -0.39 is 17.7 Å². The Kier molecular flexibility index (Phi) is 7.13. The molecule has 0 bridgehead atoms. The molecule has 1 heterocycles. The number of likely N-dealkylation sites (tertiary alicyclic amines) is 1. The molecule has 1 N–H and O–H groups in total. The molecule has 1 unspecified atom stereocenters. The molecular weight excluding hydrogens is 529 g/mol. The average molecular weight is 553 g/mol. The summed E-state index contributed by atoms with van der Waals surface area (Å²) in [5, 5.41) is 11.2. The number of hydrogen-bond acceptors (Lipinski definition) is 4. The van der Waals surface area contributed by atoms with Gasteiger partial charge in [0.1, 0.15) is 11.5 Å². The van der Waals surface area contributed by atoms with E-state index in [-0.39, 0.29) is 11.3 Å². The number of carbonyl (C=O) groups excluding carboxylic acids is 2. The summed E-state index contributed by atoms with van der Waals surface area (Å²) in [6, 6.07) is 23.8. The van der Waals surface area contributed by atoms with Crippen molar-refractivity contribution in [3.05, 3.63) is 105 Å². The number of hydrogen-bond donors (Lipinski definition) is 1. The van der Waals surface area contributed by atoms with Crippen molar-refractivity contribution in [2.75, 3.05) is 13.2 Å². The van der Waals surface area contributed by atoms with Gasteiger partial charge in [0.2, 0.25) is 0 Å². The van der Waals surface area contributed by atoms with Crippen LogP contribution < -0.4 is 4.74 Å². The maximum Gasteiger partial charge on any atom is 0.295 e. The Hall–Kier alpha value is -3.13. The molecule has 1 atom stereocenters. The maximum absolute atomic E-state index is 13.2. The molecule has 33 heavy (non-hydrogen) atoms. The van der Waals surface area contributed by atoms with Gasteiger partial charge in [-0.3, -0.25) is 9.59 Å². The van der Waals surface area contributed by atoms with Gasteiger partial charge in [0.05, 0.1) is 18.2 Å². The predicted molar refractivity (Wildman–Crippen MR) is 136 cm³/mol. The molecule has 0 saturated carbocycles. The van der Waals surface area contributed by atoms with E-state index in [0.29, 0.717) is 30.9 Å². The average Bonchev–Trinajstić information content (AvgIpc) is 3.08. The summed E-state index contributed by atoms with van der Waals surface area (Å²) >= 11 is 2.21. The summed E-state index contributed by atoms with van der Waals surface area (Å²) < 4.78 is 6.59. The lowest BCUT2D eigenvalue weighted by Gasteiger charge is -2.25. The lowest BCUT2D eigenvalue weighted by Crippen LogP contribution is -2.31. The van der Waals surface area contributed by atoms with E-state index in [1.54, 1.807) is 29.2 Å². The normalized spacial score (nSPS) is 17.4. The van der Waals surface area contributed by atoms with Crippen molar-refractivity contribution in [1.29, 1.82) is 0 Å². The zero-order chi connectivity index (χ0) is 23.4. The third-order valence-corrected chi connectivity index (χ3v) is 6.35. The van der Waals surface area contributed by atoms with Gasteiger partial charge in [0.15, 0.2) is 0 Å². The van der Waals surface area contributed by atoms with Gasteiger partial charge in [-0.25, -0.2) is 0 Å². The van der Waals surface area contributed by atoms with Crippen molar-refractivity contribution in [3.8, 4) is 5.75 Å². The fourth-order valence-corrected chi connectivity index (χ4v) is 4.41. The van der Waals surface area contributed by atoms with Crippen LogP contribution in [0.15, 0.2) is 84.4 Å². The smallest absolute Gasteiger partial charge is 0.295 e. The number of halogens is 1. The van der Waals surface area contributed by atoms with E-state index >= 15 is 0 Å². The Morgan fingerprint density at radius 1 is 1.00 bits per heavy atom. The van der Waals surface area contributed by atoms with Crippen LogP contribution in [0.2, 0.25) is 0 Å². The molecule has 3 aromatic rings. The molecule has 1 saturated heterocycles. The predicted octanol–water partition coefficient (Wildman–Crippen LogP) is 5.35. The van der Waals surface area contributed by atoms with Gasteiger partial charge in [-0.1, -0.05) is 54.6 Å². The van der Waals surface area contributed by atoms with E-state index in [2.05, 4.69) is 22.6 Å². The molecule has 0 aromatic heterocycles. The lowest BCUT2D eigenvalue weighted by molar-refractivity contribution is -0.139. The summed E-state index contributed by atoms with van der Waals surface area (Å²) in [5.41, 5.74) is 2.40. The quantitative estimate of drug-likeness (QED) is 0.185. The first-order chi connectivity index (χ1) is 16.0. The van der Waals surface area contributed by atoms with Crippen LogP contribution in [0, 0.1) is 3.57 Å². The second-order valence-corrected chi connectivity index (χ2v) is 8.99. The standard InChI is InChI=1S/C27H24INO4/c1-2-33-22-10-6-9-20(17-22)25(30)23-24(19-11-13-21(28)14-12-19)29(27(32)26(23)31)16-15-18-7-4-3-5-8-18/h3-14,17,24,30H,2,15-16H2,1H3. The SMILES string of the molecule is CCOc1cccc(C(O)=C2C(=O)C(=O)N(CCc3ccccc3)C2c2ccc(I)cc2)c1. The molecule has 1 amide bonds. The molecule has 5 nitrogen and oxygen atoms in total. The molecular formula is C27H24INO4. The first kappa shape index (κ1) is 23.0. The minimum absolute atomic E-state index is 0.0999. The highest BCUT2D eigenvalue weighted by atomic mass is 127. The van der Waals surface area contributed by atoms with E-state index in [1.165, 1.54) is 0 Å². The Balaban J connectivity index is 1.78. The van der Waals surface area contributed by atoms with Crippen LogP contribution in [0.4, 0.5) is 0 Å². The second kappa shape index (κ2) is 10.2. The third-order valence-electron chi connectivity index (χ3n) is 5.63. The minimum Gasteiger partial charge on any atom is -0.507 e. The molecule has 1 aliphatic rings. The summed E-state index contributed by atoms with van der Waals surface area (Å²) in [6.07, 6.45) is 0.606. The van der Waals surface area contributed by atoms with E-state index in [4.69, 9.17) is 4.74 Å². The Labute approximate surface area is 206 Å². The summed E-state index contributed by atoms with van der Waals surface area (Å²) in [7, 11) is 0. The van der Waals surface area contributed by atoms with E-state index in [1.807, 2.05) is 61.5 Å². The highest BCUT2D eigenvalue weighted by Crippen LogP contribution is 2.40. The number of nitrogens with zero attached hydrogens (tertiary/aromatic N) is 1. The Morgan fingerprint density at radius 3 is 2.42 bits per heavy atom.